The topological polar surface area (TPSA) is 112 Å². The molecule has 1 aliphatic rings. The number of nitrogens with two attached hydrogens (primary N) is 2. The highest BCUT2D eigenvalue weighted by atomic mass is 16.5. The van der Waals surface area contributed by atoms with Crippen molar-refractivity contribution < 1.29 is 14.3 Å². The molecule has 0 bridgehead atoms. The first-order valence-electron chi connectivity index (χ1n) is 6.47. The molecule has 1 saturated heterocycles. The summed E-state index contributed by atoms with van der Waals surface area (Å²) in [7, 11) is 0. The first-order valence-corrected chi connectivity index (χ1v) is 6.47. The van der Waals surface area contributed by atoms with E-state index in [1.807, 2.05) is 0 Å². The molecule has 0 aliphatic carbocycles. The lowest BCUT2D eigenvalue weighted by atomic mass is 10.1. The molecule has 0 radical (unpaired) electrons. The summed E-state index contributed by atoms with van der Waals surface area (Å²) >= 11 is 0. The minimum absolute atomic E-state index is 0.0950. The smallest absolute Gasteiger partial charge is 0.274 e. The third-order valence-corrected chi connectivity index (χ3v) is 3.05. The average molecular weight is 288 g/mol. The molecule has 1 atom stereocenters. The van der Waals surface area contributed by atoms with Crippen LogP contribution < -0.4 is 11.5 Å². The van der Waals surface area contributed by atoms with Crippen molar-refractivity contribution in [1.82, 2.24) is 9.88 Å². The lowest BCUT2D eigenvalue weighted by Crippen LogP contribution is -2.55. The lowest BCUT2D eigenvalue weighted by molar-refractivity contribution is -0.127. The van der Waals surface area contributed by atoms with Crippen LogP contribution in [0.5, 0.6) is 0 Å². The lowest BCUT2D eigenvalue weighted by Gasteiger charge is -2.33. The third kappa shape index (κ3) is 3.37. The first kappa shape index (κ1) is 15.0. The van der Waals surface area contributed by atoms with Crippen LogP contribution in [0.2, 0.25) is 0 Å². The van der Waals surface area contributed by atoms with Gasteiger partial charge in [-0.25, -0.2) is 4.98 Å². The van der Waals surface area contributed by atoms with Gasteiger partial charge in [-0.1, -0.05) is 11.8 Å². The number of carbonyl (C=O) groups excluding carboxylic acids is 2. The summed E-state index contributed by atoms with van der Waals surface area (Å²) in [4.78, 5) is 29.5. The predicted molar refractivity (Wildman–Crippen MR) is 75.0 cm³/mol. The Labute approximate surface area is 122 Å². The SMILES string of the molecule is NCC#Cc1cccnc1C(=O)N1CCOCC1C(N)=O. The van der Waals surface area contributed by atoms with Crippen molar-refractivity contribution in [2.75, 3.05) is 26.3 Å². The Balaban J connectivity index is 2.32. The van der Waals surface area contributed by atoms with E-state index in [9.17, 15) is 9.59 Å². The Morgan fingerprint density at radius 3 is 3.05 bits per heavy atom. The van der Waals surface area contributed by atoms with Crippen LogP contribution in [-0.4, -0.2) is 54.0 Å². The van der Waals surface area contributed by atoms with Gasteiger partial charge in [0.25, 0.3) is 5.91 Å². The molecule has 1 aromatic rings. The molecule has 0 spiro atoms. The Kier molecular flexibility index (Phi) is 4.87. The number of pyridine rings is 1. The highest BCUT2D eigenvalue weighted by Gasteiger charge is 2.33. The summed E-state index contributed by atoms with van der Waals surface area (Å²) in [6, 6.07) is 2.58. The minimum Gasteiger partial charge on any atom is -0.377 e. The number of ether oxygens (including phenoxy) is 1. The molecule has 0 aromatic carbocycles. The van der Waals surface area contributed by atoms with Gasteiger partial charge in [0.05, 0.1) is 25.3 Å². The van der Waals surface area contributed by atoms with Crippen molar-refractivity contribution in [2.45, 2.75) is 6.04 Å². The average Bonchev–Trinajstić information content (AvgIpc) is 2.52. The zero-order valence-electron chi connectivity index (χ0n) is 11.4. The third-order valence-electron chi connectivity index (χ3n) is 3.05. The minimum atomic E-state index is -0.788. The maximum atomic E-state index is 12.6. The van der Waals surface area contributed by atoms with E-state index in [2.05, 4.69) is 16.8 Å². The maximum absolute atomic E-state index is 12.6. The fourth-order valence-corrected chi connectivity index (χ4v) is 2.04. The number of primary amides is 1. The van der Waals surface area contributed by atoms with Crippen molar-refractivity contribution in [3.05, 3.63) is 29.6 Å². The molecular formula is C14H16N4O3. The van der Waals surface area contributed by atoms with Gasteiger partial charge in [0.1, 0.15) is 11.7 Å². The van der Waals surface area contributed by atoms with E-state index in [1.165, 1.54) is 11.1 Å². The zero-order valence-corrected chi connectivity index (χ0v) is 11.4. The van der Waals surface area contributed by atoms with Gasteiger partial charge >= 0.3 is 0 Å². The monoisotopic (exact) mass is 288 g/mol. The highest BCUT2D eigenvalue weighted by molar-refractivity contribution is 5.97. The van der Waals surface area contributed by atoms with Gasteiger partial charge in [0.2, 0.25) is 5.91 Å². The van der Waals surface area contributed by atoms with Crippen LogP contribution in [0, 0.1) is 11.8 Å². The fraction of sp³-hybridized carbons (Fsp3) is 0.357. The van der Waals surface area contributed by atoms with Crippen LogP contribution >= 0.6 is 0 Å². The molecule has 1 aromatic heterocycles. The van der Waals surface area contributed by atoms with Crippen LogP contribution in [-0.2, 0) is 9.53 Å². The fourth-order valence-electron chi connectivity index (χ4n) is 2.04. The van der Waals surface area contributed by atoms with Crippen LogP contribution in [0.4, 0.5) is 0 Å². The van der Waals surface area contributed by atoms with Gasteiger partial charge < -0.3 is 21.1 Å². The summed E-state index contributed by atoms with van der Waals surface area (Å²) in [5.41, 5.74) is 11.3. The molecule has 4 N–H and O–H groups in total. The summed E-state index contributed by atoms with van der Waals surface area (Å²) in [6.45, 7) is 0.917. The summed E-state index contributed by atoms with van der Waals surface area (Å²) in [5, 5.41) is 0. The number of morpholine rings is 1. The number of carbonyl (C=O) groups is 2. The Morgan fingerprint density at radius 2 is 2.33 bits per heavy atom. The second-order valence-corrected chi connectivity index (χ2v) is 4.40. The van der Waals surface area contributed by atoms with Gasteiger partial charge in [-0.05, 0) is 12.1 Å². The van der Waals surface area contributed by atoms with Gasteiger partial charge in [-0.15, -0.1) is 0 Å². The molecule has 1 unspecified atom stereocenters. The van der Waals surface area contributed by atoms with E-state index in [0.717, 1.165) is 0 Å². The second kappa shape index (κ2) is 6.83. The number of amides is 2. The van der Waals surface area contributed by atoms with Crippen molar-refractivity contribution in [3.63, 3.8) is 0 Å². The van der Waals surface area contributed by atoms with E-state index in [-0.39, 0.29) is 31.3 Å². The number of rotatable bonds is 2. The quantitative estimate of drug-likeness (QED) is 0.658. The molecule has 0 saturated carbocycles. The van der Waals surface area contributed by atoms with Crippen molar-refractivity contribution in [1.29, 1.82) is 0 Å². The Morgan fingerprint density at radius 1 is 1.52 bits per heavy atom. The van der Waals surface area contributed by atoms with Crippen LogP contribution in [0.3, 0.4) is 0 Å². The normalized spacial score (nSPS) is 17.8. The Bertz CT molecular complexity index is 606. The molecule has 2 amide bonds. The molecule has 7 heteroatoms. The maximum Gasteiger partial charge on any atom is 0.274 e. The summed E-state index contributed by atoms with van der Waals surface area (Å²) in [5.74, 6) is 4.50. The van der Waals surface area contributed by atoms with Crippen LogP contribution in [0.25, 0.3) is 0 Å². The summed E-state index contributed by atoms with van der Waals surface area (Å²) < 4.78 is 5.20. The second-order valence-electron chi connectivity index (χ2n) is 4.40. The highest BCUT2D eigenvalue weighted by Crippen LogP contribution is 2.13. The van der Waals surface area contributed by atoms with Gasteiger partial charge in [-0.3, -0.25) is 9.59 Å². The van der Waals surface area contributed by atoms with E-state index < -0.39 is 11.9 Å². The number of hydrogen-bond donors (Lipinski definition) is 2. The van der Waals surface area contributed by atoms with E-state index >= 15 is 0 Å². The van der Waals surface area contributed by atoms with E-state index in [0.29, 0.717) is 12.2 Å². The zero-order chi connectivity index (χ0) is 15.2. The van der Waals surface area contributed by atoms with Crippen molar-refractivity contribution in [3.8, 4) is 11.8 Å². The van der Waals surface area contributed by atoms with E-state index in [4.69, 9.17) is 16.2 Å². The largest absolute Gasteiger partial charge is 0.377 e. The number of hydrogen-bond acceptors (Lipinski definition) is 5. The molecule has 1 aliphatic heterocycles. The molecule has 2 heterocycles. The Hall–Kier alpha value is -2.43. The molecular weight excluding hydrogens is 272 g/mol. The number of nitrogens with zero attached hydrogens (tertiary/aromatic N) is 2. The van der Waals surface area contributed by atoms with Crippen molar-refractivity contribution in [2.24, 2.45) is 11.5 Å². The number of aromatic nitrogens is 1. The van der Waals surface area contributed by atoms with Crippen LogP contribution in [0.15, 0.2) is 18.3 Å². The molecule has 2 rings (SSSR count). The standard InChI is InChI=1S/C14H16N4O3/c15-5-1-3-10-4-2-6-17-12(10)14(20)18-7-8-21-9-11(18)13(16)19/h2,4,6,11H,5,7-9,15H2,(H2,16,19). The van der Waals surface area contributed by atoms with Gasteiger partial charge in [-0.2, -0.15) is 0 Å². The predicted octanol–water partition coefficient (Wildman–Crippen LogP) is -1.28. The first-order chi connectivity index (χ1) is 10.1. The molecule has 7 nitrogen and oxygen atoms in total. The van der Waals surface area contributed by atoms with E-state index in [1.54, 1.807) is 12.1 Å². The van der Waals surface area contributed by atoms with Crippen LogP contribution in [0.1, 0.15) is 16.1 Å². The van der Waals surface area contributed by atoms with Crippen molar-refractivity contribution >= 4 is 11.8 Å². The molecule has 110 valence electrons. The summed E-state index contributed by atoms with van der Waals surface area (Å²) in [6.07, 6.45) is 1.50. The molecule has 21 heavy (non-hydrogen) atoms. The van der Waals surface area contributed by atoms with Gasteiger partial charge in [0.15, 0.2) is 0 Å². The van der Waals surface area contributed by atoms with Gasteiger partial charge in [0, 0.05) is 12.7 Å². The molecule has 1 fully saturated rings.